The fourth-order valence-electron chi connectivity index (χ4n) is 1.92. The minimum atomic E-state index is -0.129. The lowest BCUT2D eigenvalue weighted by Crippen LogP contribution is -2.24. The Kier molecular flexibility index (Phi) is 3.78. The second-order valence-corrected chi connectivity index (χ2v) is 4.21. The van der Waals surface area contributed by atoms with Crippen molar-refractivity contribution < 1.29 is 9.53 Å². The molecule has 2 heterocycles. The number of esters is 1. The molecule has 5 nitrogen and oxygen atoms in total. The van der Waals surface area contributed by atoms with E-state index in [1.807, 2.05) is 11.8 Å². The van der Waals surface area contributed by atoms with Crippen molar-refractivity contribution in [2.45, 2.75) is 13.3 Å². The smallest absolute Gasteiger partial charge is 0.310 e. The van der Waals surface area contributed by atoms with Gasteiger partial charge >= 0.3 is 5.97 Å². The highest BCUT2D eigenvalue weighted by Crippen LogP contribution is 2.23. The number of carbonyl (C=O) groups is 1. The molecule has 92 valence electrons. The second kappa shape index (κ2) is 5.31. The predicted octanol–water partition coefficient (Wildman–Crippen LogP) is 1.52. The normalized spacial score (nSPS) is 19.4. The molecule has 1 atom stereocenters. The Morgan fingerprint density at radius 1 is 1.71 bits per heavy atom. The number of aromatic nitrogens is 2. The molecule has 2 rings (SSSR count). The predicted molar refractivity (Wildman–Crippen MR) is 64.0 cm³/mol. The van der Waals surface area contributed by atoms with Crippen LogP contribution in [-0.2, 0) is 9.53 Å². The second-order valence-electron chi connectivity index (χ2n) is 3.87. The monoisotopic (exact) mass is 255 g/mol. The van der Waals surface area contributed by atoms with Gasteiger partial charge in [0.1, 0.15) is 5.82 Å². The molecule has 0 radical (unpaired) electrons. The first-order chi connectivity index (χ1) is 8.20. The van der Waals surface area contributed by atoms with Gasteiger partial charge in [0.25, 0.3) is 0 Å². The van der Waals surface area contributed by atoms with Crippen molar-refractivity contribution in [3.8, 4) is 0 Å². The molecule has 1 fully saturated rings. The van der Waals surface area contributed by atoms with Crippen LogP contribution in [0.2, 0.25) is 5.28 Å². The van der Waals surface area contributed by atoms with Crippen LogP contribution >= 0.6 is 11.6 Å². The highest BCUT2D eigenvalue weighted by atomic mass is 35.5. The quantitative estimate of drug-likeness (QED) is 0.605. The van der Waals surface area contributed by atoms with Crippen molar-refractivity contribution in [3.63, 3.8) is 0 Å². The van der Waals surface area contributed by atoms with E-state index >= 15 is 0 Å². The van der Waals surface area contributed by atoms with Gasteiger partial charge < -0.3 is 9.64 Å². The number of ether oxygens (including phenoxy) is 1. The van der Waals surface area contributed by atoms with Crippen LogP contribution in [0.4, 0.5) is 5.82 Å². The summed E-state index contributed by atoms with van der Waals surface area (Å²) in [6.45, 7) is 3.66. The fourth-order valence-corrected chi connectivity index (χ4v) is 2.07. The summed E-state index contributed by atoms with van der Waals surface area (Å²) in [4.78, 5) is 21.6. The van der Waals surface area contributed by atoms with E-state index < -0.39 is 0 Å². The zero-order valence-electron chi connectivity index (χ0n) is 9.60. The van der Waals surface area contributed by atoms with E-state index in [2.05, 4.69) is 9.97 Å². The molecule has 6 heteroatoms. The van der Waals surface area contributed by atoms with Crippen LogP contribution in [0.25, 0.3) is 0 Å². The molecule has 0 amide bonds. The van der Waals surface area contributed by atoms with Crippen molar-refractivity contribution >= 4 is 23.4 Å². The van der Waals surface area contributed by atoms with Crippen LogP contribution in [0, 0.1) is 5.92 Å². The van der Waals surface area contributed by atoms with Crippen LogP contribution in [-0.4, -0.2) is 35.6 Å². The maximum absolute atomic E-state index is 11.6. The molecule has 0 aliphatic carbocycles. The van der Waals surface area contributed by atoms with Crippen LogP contribution in [0.5, 0.6) is 0 Å². The number of anilines is 1. The number of hydrogen-bond donors (Lipinski definition) is 0. The molecule has 1 aliphatic heterocycles. The Bertz CT molecular complexity index is 413. The minimum Gasteiger partial charge on any atom is -0.466 e. The van der Waals surface area contributed by atoms with Gasteiger partial charge in [-0.2, -0.15) is 0 Å². The number of nitrogens with zero attached hydrogens (tertiary/aromatic N) is 3. The summed E-state index contributed by atoms with van der Waals surface area (Å²) < 4.78 is 5.01. The lowest BCUT2D eigenvalue weighted by atomic mass is 10.1. The zero-order valence-corrected chi connectivity index (χ0v) is 10.4. The Labute approximate surface area is 105 Å². The molecule has 17 heavy (non-hydrogen) atoms. The first-order valence-corrected chi connectivity index (χ1v) is 5.98. The molecule has 1 aromatic rings. The summed E-state index contributed by atoms with van der Waals surface area (Å²) in [6.07, 6.45) is 2.41. The molecule has 0 saturated carbocycles. The van der Waals surface area contributed by atoms with Gasteiger partial charge in [0.2, 0.25) is 5.28 Å². The average Bonchev–Trinajstić information content (AvgIpc) is 2.78. The van der Waals surface area contributed by atoms with Gasteiger partial charge in [-0.1, -0.05) is 0 Å². The molecule has 0 bridgehead atoms. The summed E-state index contributed by atoms with van der Waals surface area (Å²) in [5, 5.41) is 0.224. The first-order valence-electron chi connectivity index (χ1n) is 5.61. The molecular formula is C11H14ClN3O2. The van der Waals surface area contributed by atoms with Gasteiger partial charge in [-0.25, -0.2) is 9.97 Å². The number of carbonyl (C=O) groups excluding carboxylic acids is 1. The van der Waals surface area contributed by atoms with E-state index in [-0.39, 0.29) is 17.2 Å². The number of hydrogen-bond acceptors (Lipinski definition) is 5. The zero-order chi connectivity index (χ0) is 12.3. The standard InChI is InChI=1S/C11H14ClN3O2/c1-2-17-10(16)8-4-6-15(7-8)9-3-5-13-11(12)14-9/h3,5,8H,2,4,6-7H2,1H3. The largest absolute Gasteiger partial charge is 0.466 e. The SMILES string of the molecule is CCOC(=O)C1CCN(c2ccnc(Cl)n2)C1. The molecular weight excluding hydrogens is 242 g/mol. The third-order valence-corrected chi connectivity index (χ3v) is 2.93. The lowest BCUT2D eigenvalue weighted by molar-refractivity contribution is -0.147. The maximum Gasteiger partial charge on any atom is 0.310 e. The van der Waals surface area contributed by atoms with Gasteiger partial charge in [0, 0.05) is 19.3 Å². The Morgan fingerprint density at radius 2 is 2.53 bits per heavy atom. The van der Waals surface area contributed by atoms with E-state index in [4.69, 9.17) is 16.3 Å². The Hall–Kier alpha value is -1.36. The third kappa shape index (κ3) is 2.85. The van der Waals surface area contributed by atoms with Gasteiger partial charge in [0.15, 0.2) is 0 Å². The summed E-state index contributed by atoms with van der Waals surface area (Å²) in [5.41, 5.74) is 0. The van der Waals surface area contributed by atoms with E-state index in [9.17, 15) is 4.79 Å². The van der Waals surface area contributed by atoms with Gasteiger partial charge in [-0.15, -0.1) is 0 Å². The van der Waals surface area contributed by atoms with E-state index in [0.29, 0.717) is 13.2 Å². The van der Waals surface area contributed by atoms with Crippen molar-refractivity contribution in [3.05, 3.63) is 17.5 Å². The van der Waals surface area contributed by atoms with Crippen molar-refractivity contribution in [1.29, 1.82) is 0 Å². The van der Waals surface area contributed by atoms with Gasteiger partial charge in [-0.3, -0.25) is 4.79 Å². The maximum atomic E-state index is 11.6. The summed E-state index contributed by atoms with van der Waals surface area (Å²) >= 11 is 5.73. The topological polar surface area (TPSA) is 55.3 Å². The van der Waals surface area contributed by atoms with Gasteiger partial charge in [0.05, 0.1) is 12.5 Å². The van der Waals surface area contributed by atoms with Crippen LogP contribution in [0.3, 0.4) is 0 Å². The molecule has 1 saturated heterocycles. The molecule has 1 aromatic heterocycles. The highest BCUT2D eigenvalue weighted by Gasteiger charge is 2.30. The summed E-state index contributed by atoms with van der Waals surface area (Å²) in [7, 11) is 0. The van der Waals surface area contributed by atoms with E-state index in [0.717, 1.165) is 18.8 Å². The average molecular weight is 256 g/mol. The Morgan fingerprint density at radius 3 is 3.24 bits per heavy atom. The molecule has 1 aliphatic rings. The van der Waals surface area contributed by atoms with E-state index in [1.165, 1.54) is 0 Å². The Balaban J connectivity index is 2.00. The van der Waals surface area contributed by atoms with Crippen molar-refractivity contribution in [2.24, 2.45) is 5.92 Å². The third-order valence-electron chi connectivity index (χ3n) is 2.74. The molecule has 0 aromatic carbocycles. The van der Waals surface area contributed by atoms with Gasteiger partial charge in [-0.05, 0) is 31.0 Å². The molecule has 1 unspecified atom stereocenters. The van der Waals surface area contributed by atoms with Crippen molar-refractivity contribution in [1.82, 2.24) is 9.97 Å². The summed E-state index contributed by atoms with van der Waals surface area (Å²) in [5.74, 6) is 0.565. The van der Waals surface area contributed by atoms with Crippen LogP contribution < -0.4 is 4.90 Å². The van der Waals surface area contributed by atoms with Crippen molar-refractivity contribution in [2.75, 3.05) is 24.6 Å². The molecule has 0 N–H and O–H groups in total. The highest BCUT2D eigenvalue weighted by molar-refractivity contribution is 6.28. The van der Waals surface area contributed by atoms with E-state index in [1.54, 1.807) is 12.3 Å². The summed E-state index contributed by atoms with van der Waals surface area (Å²) in [6, 6.07) is 1.79. The van der Waals surface area contributed by atoms with Crippen LogP contribution in [0.1, 0.15) is 13.3 Å². The minimum absolute atomic E-state index is 0.0660. The lowest BCUT2D eigenvalue weighted by Gasteiger charge is -2.16. The fraction of sp³-hybridized carbons (Fsp3) is 0.545. The number of halogens is 1. The molecule has 0 spiro atoms. The van der Waals surface area contributed by atoms with Crippen LogP contribution in [0.15, 0.2) is 12.3 Å². The first kappa shape index (κ1) is 12.1. The number of rotatable bonds is 3.